The van der Waals surface area contributed by atoms with Gasteiger partial charge >= 0.3 is 81.4 Å². The van der Waals surface area contributed by atoms with Gasteiger partial charge in [0.25, 0.3) is 0 Å². The third kappa shape index (κ3) is 3.74. The van der Waals surface area contributed by atoms with Crippen molar-refractivity contribution in [3.8, 4) is 0 Å². The fourth-order valence-corrected chi connectivity index (χ4v) is 3.54. The summed E-state index contributed by atoms with van der Waals surface area (Å²) in [5.74, 6) is 0. The molecule has 1 rings (SSSR count). The van der Waals surface area contributed by atoms with Crippen LogP contribution >= 0.6 is 19.4 Å². The summed E-state index contributed by atoms with van der Waals surface area (Å²) in [6.07, 6.45) is 12.0. The molecule has 3 heteroatoms. The maximum absolute atomic E-state index is 5.90. The summed E-state index contributed by atoms with van der Waals surface area (Å²) in [5.41, 5.74) is 0. The van der Waals surface area contributed by atoms with Crippen LogP contribution in [-0.4, -0.2) is 0 Å². The van der Waals surface area contributed by atoms with E-state index in [4.69, 9.17) is 19.4 Å². The Balaban J connectivity index is 2.51. The standard InChI is InChI=1S/C8H11.2ClH.Rh/c1-2-4-6-8-7-5-3-1;;;/h1-5H,6-8H2;2*1H;/q;;;+2/p-2. The molecule has 1 atom stereocenters. The van der Waals surface area contributed by atoms with E-state index in [2.05, 4.69) is 24.3 Å². The van der Waals surface area contributed by atoms with Crippen LogP contribution in [-0.2, 0) is 14.0 Å². The number of rotatable bonds is 1. The predicted octanol–water partition coefficient (Wildman–Crippen LogP) is 4.00. The van der Waals surface area contributed by atoms with Crippen LogP contribution in [0.25, 0.3) is 0 Å². The van der Waals surface area contributed by atoms with Crippen LogP contribution in [0.2, 0.25) is 4.51 Å². The molecule has 0 fully saturated rings. The molecule has 0 amide bonds. The minimum absolute atomic E-state index is 0.466. The summed E-state index contributed by atoms with van der Waals surface area (Å²) < 4.78 is 0.466. The molecule has 66 valence electrons. The summed E-state index contributed by atoms with van der Waals surface area (Å²) in [4.78, 5) is 0. The summed E-state index contributed by atoms with van der Waals surface area (Å²) in [7, 11) is 11.8. The number of hydrogen-bond acceptors (Lipinski definition) is 0. The molecule has 11 heavy (non-hydrogen) atoms. The summed E-state index contributed by atoms with van der Waals surface area (Å²) in [5, 5.41) is 0. The molecule has 0 nitrogen and oxygen atoms in total. The van der Waals surface area contributed by atoms with Gasteiger partial charge < -0.3 is 0 Å². The van der Waals surface area contributed by atoms with Crippen molar-refractivity contribution in [2.45, 2.75) is 23.8 Å². The van der Waals surface area contributed by atoms with Gasteiger partial charge in [-0.05, 0) is 0 Å². The van der Waals surface area contributed by atoms with Crippen LogP contribution in [0, 0.1) is 0 Å². The molecule has 1 aliphatic rings. The zero-order valence-electron chi connectivity index (χ0n) is 6.10. The fraction of sp³-hybridized carbons (Fsp3) is 0.500. The van der Waals surface area contributed by atoms with E-state index in [1.807, 2.05) is 0 Å². The number of halogens is 2. The van der Waals surface area contributed by atoms with Crippen LogP contribution in [0.3, 0.4) is 0 Å². The first-order valence-electron chi connectivity index (χ1n) is 3.59. The average molecular weight is 281 g/mol. The molecular formula is C8H11Cl2Rh. The predicted molar refractivity (Wildman–Crippen MR) is 47.6 cm³/mol. The Morgan fingerprint density at radius 1 is 1.27 bits per heavy atom. The summed E-state index contributed by atoms with van der Waals surface area (Å²) in [6, 6.07) is 0. The first-order chi connectivity index (χ1) is 5.30. The Morgan fingerprint density at radius 3 is 2.82 bits per heavy atom. The Hall–Kier alpha value is 0.683. The molecule has 0 spiro atoms. The first-order valence-corrected chi connectivity index (χ1v) is 8.76. The Labute approximate surface area is 81.2 Å². The van der Waals surface area contributed by atoms with Crippen molar-refractivity contribution in [1.29, 1.82) is 0 Å². The third-order valence-electron chi connectivity index (χ3n) is 1.58. The second-order valence-corrected chi connectivity index (χ2v) is 8.56. The van der Waals surface area contributed by atoms with Crippen LogP contribution in [0.5, 0.6) is 0 Å². The van der Waals surface area contributed by atoms with Crippen molar-refractivity contribution in [3.63, 3.8) is 0 Å². The summed E-state index contributed by atoms with van der Waals surface area (Å²) in [6.45, 7) is 0. The molecule has 0 aromatic rings. The maximum atomic E-state index is 5.90. The Morgan fingerprint density at radius 2 is 2.09 bits per heavy atom. The van der Waals surface area contributed by atoms with Gasteiger partial charge in [-0.3, -0.25) is 0 Å². The van der Waals surface area contributed by atoms with E-state index in [-0.39, 0.29) is 0 Å². The zero-order chi connectivity index (χ0) is 8.10. The van der Waals surface area contributed by atoms with Crippen molar-refractivity contribution in [2.75, 3.05) is 0 Å². The van der Waals surface area contributed by atoms with E-state index in [1.54, 1.807) is 0 Å². The molecule has 0 saturated heterocycles. The Bertz CT molecular complexity index is 163. The van der Waals surface area contributed by atoms with Gasteiger partial charge in [0.15, 0.2) is 0 Å². The second kappa shape index (κ2) is 5.35. The van der Waals surface area contributed by atoms with Gasteiger partial charge in [-0.15, -0.1) is 0 Å². The van der Waals surface area contributed by atoms with Gasteiger partial charge in [0.05, 0.1) is 0 Å². The molecular weight excluding hydrogens is 270 g/mol. The quantitative estimate of drug-likeness (QED) is 0.637. The zero-order valence-corrected chi connectivity index (χ0v) is 9.25. The van der Waals surface area contributed by atoms with Gasteiger partial charge in [0, 0.05) is 0 Å². The fourth-order valence-electron chi connectivity index (χ4n) is 0.994. The van der Waals surface area contributed by atoms with Crippen molar-refractivity contribution < 1.29 is 14.0 Å². The van der Waals surface area contributed by atoms with Crippen LogP contribution in [0.1, 0.15) is 19.3 Å². The van der Waals surface area contributed by atoms with Gasteiger partial charge in [-0.1, -0.05) is 0 Å². The topological polar surface area (TPSA) is 0 Å². The Kier molecular flexibility index (Phi) is 4.75. The van der Waals surface area contributed by atoms with Gasteiger partial charge in [0.2, 0.25) is 0 Å². The molecule has 0 aromatic heterocycles. The van der Waals surface area contributed by atoms with Crippen molar-refractivity contribution in [1.82, 2.24) is 0 Å². The molecule has 0 bridgehead atoms. The normalized spacial score (nSPS) is 26.0. The average Bonchev–Trinajstić information content (AvgIpc) is 1.84. The second-order valence-electron chi connectivity index (χ2n) is 2.42. The molecule has 0 N–H and O–H groups in total. The van der Waals surface area contributed by atoms with Crippen LogP contribution < -0.4 is 0 Å². The molecule has 1 aliphatic carbocycles. The van der Waals surface area contributed by atoms with Crippen molar-refractivity contribution in [3.05, 3.63) is 24.3 Å². The first kappa shape index (κ1) is 9.77. The van der Waals surface area contributed by atoms with E-state index in [0.29, 0.717) is 4.51 Å². The van der Waals surface area contributed by atoms with Crippen LogP contribution in [0.15, 0.2) is 24.3 Å². The van der Waals surface area contributed by atoms with Gasteiger partial charge in [-0.25, -0.2) is 0 Å². The van der Waals surface area contributed by atoms with Crippen molar-refractivity contribution >= 4 is 19.4 Å². The number of allylic oxidation sites excluding steroid dienone is 4. The molecule has 1 unspecified atom stereocenters. The molecule has 0 heterocycles. The SMILES string of the molecule is [Cl][Rh]([Cl])[CH]1C=CC=CCCC1. The van der Waals surface area contributed by atoms with Crippen molar-refractivity contribution in [2.24, 2.45) is 0 Å². The van der Waals surface area contributed by atoms with E-state index < -0.39 is 14.0 Å². The van der Waals surface area contributed by atoms with E-state index >= 15 is 0 Å². The van der Waals surface area contributed by atoms with E-state index in [0.717, 1.165) is 12.8 Å². The number of hydrogen-bond donors (Lipinski definition) is 0. The summed E-state index contributed by atoms with van der Waals surface area (Å²) >= 11 is -1.40. The van der Waals surface area contributed by atoms with Gasteiger partial charge in [-0.2, -0.15) is 0 Å². The van der Waals surface area contributed by atoms with Gasteiger partial charge in [0.1, 0.15) is 0 Å². The monoisotopic (exact) mass is 280 g/mol. The minimum atomic E-state index is -1.40. The van der Waals surface area contributed by atoms with Crippen LogP contribution in [0.4, 0.5) is 0 Å². The van der Waals surface area contributed by atoms with E-state index in [1.165, 1.54) is 6.42 Å². The molecule has 0 aromatic carbocycles. The molecule has 0 radical (unpaired) electrons. The third-order valence-corrected chi connectivity index (χ3v) is 5.50. The molecule has 0 aliphatic heterocycles. The van der Waals surface area contributed by atoms with E-state index in [9.17, 15) is 0 Å². The molecule has 0 saturated carbocycles.